The molecule has 0 fully saturated rings. The molecular formula is C14H9F7N4S. The number of benzene rings is 2. The Bertz CT molecular complexity index is 948. The van der Waals surface area contributed by atoms with Gasteiger partial charge in [0.05, 0.1) is 6.54 Å². The first-order valence-electron chi connectivity index (χ1n) is 6.89. The fourth-order valence-electron chi connectivity index (χ4n) is 2.21. The molecule has 0 amide bonds. The molecule has 0 unspecified atom stereocenters. The fraction of sp³-hybridized carbons (Fsp3) is 0.0714. The second-order valence-electron chi connectivity index (χ2n) is 5.35. The highest BCUT2D eigenvalue weighted by molar-refractivity contribution is 8.45. The third kappa shape index (κ3) is 3.64. The summed E-state index contributed by atoms with van der Waals surface area (Å²) in [7, 11) is -9.80. The van der Waals surface area contributed by atoms with Crippen molar-refractivity contribution in [2.45, 2.75) is 11.4 Å². The summed E-state index contributed by atoms with van der Waals surface area (Å²) in [6.07, 6.45) is 0. The third-order valence-corrected chi connectivity index (χ3v) is 4.62. The molecule has 0 aliphatic heterocycles. The van der Waals surface area contributed by atoms with E-state index in [2.05, 4.69) is 15.5 Å². The van der Waals surface area contributed by atoms with E-state index in [9.17, 15) is 28.2 Å². The number of hydrogen-bond donors (Lipinski definition) is 0. The van der Waals surface area contributed by atoms with E-state index in [1.807, 2.05) is 0 Å². The third-order valence-electron chi connectivity index (χ3n) is 3.46. The van der Waals surface area contributed by atoms with Crippen molar-refractivity contribution in [2.24, 2.45) is 0 Å². The molecule has 0 atom stereocenters. The summed E-state index contributed by atoms with van der Waals surface area (Å²) in [6, 6.07) is 5.13. The Balaban J connectivity index is 1.97. The van der Waals surface area contributed by atoms with Crippen LogP contribution in [0, 0.1) is 11.6 Å². The number of tetrazole rings is 1. The monoisotopic (exact) mass is 398 g/mol. The SMILES string of the molecule is Fc1cccc(F)c1Cn1nnnc1-c1ccc(S(F)(F)(F)(F)F)cc1. The molecule has 0 saturated heterocycles. The van der Waals surface area contributed by atoms with Crippen LogP contribution in [0.25, 0.3) is 11.4 Å². The van der Waals surface area contributed by atoms with Crippen molar-refractivity contribution in [2.75, 3.05) is 0 Å². The topological polar surface area (TPSA) is 43.6 Å². The number of rotatable bonds is 4. The zero-order valence-electron chi connectivity index (χ0n) is 12.6. The van der Waals surface area contributed by atoms with E-state index in [4.69, 9.17) is 0 Å². The van der Waals surface area contributed by atoms with Gasteiger partial charge in [0.15, 0.2) is 5.82 Å². The van der Waals surface area contributed by atoms with Gasteiger partial charge in [0.1, 0.15) is 16.5 Å². The summed E-state index contributed by atoms with van der Waals surface area (Å²) < 4.78 is 92.1. The minimum absolute atomic E-state index is 0.0302. The van der Waals surface area contributed by atoms with E-state index >= 15 is 0 Å². The van der Waals surface area contributed by atoms with Gasteiger partial charge in [0.2, 0.25) is 0 Å². The molecule has 4 nitrogen and oxygen atoms in total. The quantitative estimate of drug-likeness (QED) is 0.559. The fourth-order valence-corrected chi connectivity index (χ4v) is 2.86. The maximum atomic E-state index is 13.7. The van der Waals surface area contributed by atoms with Gasteiger partial charge in [-0.3, -0.25) is 0 Å². The Hall–Kier alpha value is -2.63. The summed E-state index contributed by atoms with van der Waals surface area (Å²) in [5.74, 6) is -1.85. The van der Waals surface area contributed by atoms with Crippen LogP contribution in [0.15, 0.2) is 47.4 Å². The molecule has 140 valence electrons. The van der Waals surface area contributed by atoms with Crippen LogP contribution in [0.3, 0.4) is 0 Å². The van der Waals surface area contributed by atoms with E-state index in [1.165, 1.54) is 0 Å². The van der Waals surface area contributed by atoms with Gasteiger partial charge in [-0.1, -0.05) is 25.5 Å². The Morgan fingerprint density at radius 2 is 1.42 bits per heavy atom. The Labute approximate surface area is 142 Å². The van der Waals surface area contributed by atoms with Gasteiger partial charge in [-0.25, -0.2) is 13.5 Å². The van der Waals surface area contributed by atoms with E-state index < -0.39 is 33.3 Å². The minimum atomic E-state index is -9.80. The molecule has 0 aliphatic carbocycles. The van der Waals surface area contributed by atoms with Crippen molar-refractivity contribution in [3.63, 3.8) is 0 Å². The van der Waals surface area contributed by atoms with Gasteiger partial charge in [0, 0.05) is 11.1 Å². The Morgan fingerprint density at radius 3 is 1.96 bits per heavy atom. The largest absolute Gasteiger partial charge is 0.310 e. The standard InChI is InChI=1S/C14H9F7N4S/c15-12-2-1-3-13(16)11(12)8-25-14(22-23-24-25)9-4-6-10(7-5-9)26(17,18,19,20)21/h1-7H,8H2. The van der Waals surface area contributed by atoms with Crippen LogP contribution >= 0.6 is 10.2 Å². The minimum Gasteiger partial charge on any atom is -0.221 e. The van der Waals surface area contributed by atoms with Gasteiger partial charge in [-0.2, -0.15) is 0 Å². The second-order valence-corrected chi connectivity index (χ2v) is 7.76. The van der Waals surface area contributed by atoms with E-state index in [1.54, 1.807) is 0 Å². The molecular weight excluding hydrogens is 389 g/mol. The lowest BCUT2D eigenvalue weighted by Gasteiger charge is -2.40. The smallest absolute Gasteiger partial charge is 0.221 e. The van der Waals surface area contributed by atoms with Gasteiger partial charge >= 0.3 is 10.2 Å². The molecule has 3 aromatic rings. The lowest BCUT2D eigenvalue weighted by molar-refractivity contribution is 0.364. The number of hydrogen-bond acceptors (Lipinski definition) is 3. The van der Waals surface area contributed by atoms with Gasteiger partial charge in [0.25, 0.3) is 0 Å². The highest BCUT2D eigenvalue weighted by Crippen LogP contribution is 3.02. The van der Waals surface area contributed by atoms with Crippen molar-refractivity contribution >= 4 is 10.2 Å². The van der Waals surface area contributed by atoms with Crippen molar-refractivity contribution in [3.05, 3.63) is 59.7 Å². The molecule has 0 saturated carbocycles. The van der Waals surface area contributed by atoms with Crippen LogP contribution in [0.5, 0.6) is 0 Å². The number of halogens is 7. The van der Waals surface area contributed by atoms with E-state index in [-0.39, 0.29) is 29.1 Å². The molecule has 26 heavy (non-hydrogen) atoms. The van der Waals surface area contributed by atoms with Crippen LogP contribution in [-0.4, -0.2) is 20.2 Å². The molecule has 1 aromatic heterocycles. The molecule has 3 rings (SSSR count). The summed E-state index contributed by atoms with van der Waals surface area (Å²) >= 11 is 0. The predicted octanol–water partition coefficient (Wildman–Crippen LogP) is 5.32. The van der Waals surface area contributed by atoms with Gasteiger partial charge < -0.3 is 0 Å². The summed E-state index contributed by atoms with van der Waals surface area (Å²) in [5.41, 5.74) is -0.387. The van der Waals surface area contributed by atoms with E-state index in [0.29, 0.717) is 0 Å². The van der Waals surface area contributed by atoms with Crippen LogP contribution in [0.4, 0.5) is 28.2 Å². The molecule has 0 bridgehead atoms. The van der Waals surface area contributed by atoms with Crippen LogP contribution in [0.2, 0.25) is 0 Å². The lowest BCUT2D eigenvalue weighted by Crippen LogP contribution is -2.09. The maximum Gasteiger partial charge on any atom is 0.310 e. The molecule has 0 radical (unpaired) electrons. The molecule has 12 heteroatoms. The zero-order valence-corrected chi connectivity index (χ0v) is 13.4. The predicted molar refractivity (Wildman–Crippen MR) is 80.1 cm³/mol. The van der Waals surface area contributed by atoms with Crippen LogP contribution in [-0.2, 0) is 6.54 Å². The number of aromatic nitrogens is 4. The highest BCUT2D eigenvalue weighted by atomic mass is 32.5. The molecule has 0 aliphatic rings. The van der Waals surface area contributed by atoms with Crippen molar-refractivity contribution < 1.29 is 28.2 Å². The zero-order chi connectivity index (χ0) is 19.2. The average molecular weight is 398 g/mol. The Morgan fingerprint density at radius 1 is 0.846 bits per heavy atom. The summed E-state index contributed by atoms with van der Waals surface area (Å²) in [4.78, 5) is -2.06. The first kappa shape index (κ1) is 18.2. The molecule has 0 spiro atoms. The number of nitrogens with zero attached hydrogens (tertiary/aromatic N) is 4. The molecule has 1 heterocycles. The second kappa shape index (κ2) is 5.19. The molecule has 0 N–H and O–H groups in total. The normalized spacial score (nSPS) is 14.7. The van der Waals surface area contributed by atoms with Crippen LogP contribution in [0.1, 0.15) is 5.56 Å². The van der Waals surface area contributed by atoms with Gasteiger partial charge in [-0.05, 0) is 46.8 Å². The first-order valence-corrected chi connectivity index (χ1v) is 8.84. The van der Waals surface area contributed by atoms with Crippen LogP contribution < -0.4 is 0 Å². The van der Waals surface area contributed by atoms with Crippen molar-refractivity contribution in [1.82, 2.24) is 20.2 Å². The van der Waals surface area contributed by atoms with Gasteiger partial charge in [-0.15, -0.1) is 5.10 Å². The first-order chi connectivity index (χ1) is 11.8. The summed E-state index contributed by atoms with van der Waals surface area (Å²) in [5, 5.41) is 10.4. The highest BCUT2D eigenvalue weighted by Gasteiger charge is 2.65. The van der Waals surface area contributed by atoms with Crippen molar-refractivity contribution in [1.29, 1.82) is 0 Å². The average Bonchev–Trinajstić information content (AvgIpc) is 2.97. The maximum absolute atomic E-state index is 13.7. The molecule has 2 aromatic carbocycles. The lowest BCUT2D eigenvalue weighted by atomic mass is 10.2. The van der Waals surface area contributed by atoms with E-state index in [0.717, 1.165) is 35.0 Å². The Kier molecular flexibility index (Phi) is 3.63. The van der Waals surface area contributed by atoms with Crippen molar-refractivity contribution in [3.8, 4) is 11.4 Å². The summed E-state index contributed by atoms with van der Waals surface area (Å²) in [6.45, 7) is -0.440.